The second-order valence-corrected chi connectivity index (χ2v) is 5.61. The highest BCUT2D eigenvalue weighted by molar-refractivity contribution is 5.99. The lowest BCUT2D eigenvalue weighted by molar-refractivity contribution is 0.0972. The molecule has 0 amide bonds. The highest BCUT2D eigenvalue weighted by Crippen LogP contribution is 2.30. The number of hydrogen-bond acceptors (Lipinski definition) is 2. The molecule has 0 unspecified atom stereocenters. The van der Waals surface area contributed by atoms with E-state index in [1.165, 1.54) is 0 Å². The molecule has 0 saturated carbocycles. The van der Waals surface area contributed by atoms with Gasteiger partial charge in [0.15, 0.2) is 5.78 Å². The number of carbonyl (C=O) groups is 1. The number of rotatable bonds is 1. The fraction of sp³-hybridized carbons (Fsp3) is 0.222. The van der Waals surface area contributed by atoms with Gasteiger partial charge in [0.1, 0.15) is 0 Å². The van der Waals surface area contributed by atoms with E-state index >= 15 is 0 Å². The Morgan fingerprint density at radius 1 is 1.14 bits per heavy atom. The smallest absolute Gasteiger partial charge is 0.164 e. The minimum atomic E-state index is 0.275. The number of nitrogens with zero attached hydrogens (tertiary/aromatic N) is 2. The second kappa shape index (κ2) is 4.55. The van der Waals surface area contributed by atoms with Gasteiger partial charge in [-0.15, -0.1) is 0 Å². The van der Waals surface area contributed by atoms with Crippen LogP contribution in [-0.4, -0.2) is 15.3 Å². The highest BCUT2D eigenvalue weighted by Gasteiger charge is 2.23. The van der Waals surface area contributed by atoms with Crippen molar-refractivity contribution in [1.82, 2.24) is 9.55 Å². The van der Waals surface area contributed by atoms with Crippen molar-refractivity contribution >= 4 is 16.7 Å². The van der Waals surface area contributed by atoms with E-state index in [2.05, 4.69) is 28.6 Å². The van der Waals surface area contributed by atoms with Crippen molar-refractivity contribution in [3.63, 3.8) is 0 Å². The summed E-state index contributed by atoms with van der Waals surface area (Å²) in [6, 6.07) is 12.2. The maximum absolute atomic E-state index is 12.1. The summed E-state index contributed by atoms with van der Waals surface area (Å²) >= 11 is 0. The first-order valence-corrected chi connectivity index (χ1v) is 7.34. The molecule has 0 spiro atoms. The van der Waals surface area contributed by atoms with Crippen LogP contribution in [0.3, 0.4) is 0 Å². The Bertz CT molecular complexity index is 856. The van der Waals surface area contributed by atoms with Crippen molar-refractivity contribution in [3.8, 4) is 5.69 Å². The van der Waals surface area contributed by atoms with Crippen molar-refractivity contribution in [3.05, 3.63) is 59.5 Å². The first kappa shape index (κ1) is 12.3. The number of fused-ring (bicyclic) bond motifs is 2. The van der Waals surface area contributed by atoms with Gasteiger partial charge in [0, 0.05) is 35.0 Å². The topological polar surface area (TPSA) is 34.9 Å². The van der Waals surface area contributed by atoms with E-state index in [4.69, 9.17) is 0 Å². The average Bonchev–Trinajstić information content (AvgIpc) is 2.84. The number of hydrogen-bond donors (Lipinski definition) is 0. The van der Waals surface area contributed by atoms with Gasteiger partial charge in [-0.3, -0.25) is 9.78 Å². The van der Waals surface area contributed by atoms with E-state index in [1.807, 2.05) is 30.5 Å². The summed E-state index contributed by atoms with van der Waals surface area (Å²) in [5.74, 6) is 0.275. The lowest BCUT2D eigenvalue weighted by Crippen LogP contribution is -2.12. The molecule has 1 aliphatic carbocycles. The third kappa shape index (κ3) is 1.81. The minimum absolute atomic E-state index is 0.275. The first-order valence-electron chi connectivity index (χ1n) is 7.34. The van der Waals surface area contributed by atoms with Gasteiger partial charge in [0.2, 0.25) is 0 Å². The van der Waals surface area contributed by atoms with Crippen molar-refractivity contribution in [2.45, 2.75) is 26.2 Å². The van der Waals surface area contributed by atoms with Gasteiger partial charge in [-0.25, -0.2) is 0 Å². The minimum Gasteiger partial charge on any atom is -0.317 e. The maximum Gasteiger partial charge on any atom is 0.164 e. The van der Waals surface area contributed by atoms with Gasteiger partial charge in [-0.1, -0.05) is 6.07 Å². The SMILES string of the molecule is Cc1cc2c(n1-c1cccc3ncccc13)CCCC2=O. The van der Waals surface area contributed by atoms with Gasteiger partial charge >= 0.3 is 0 Å². The highest BCUT2D eigenvalue weighted by atomic mass is 16.1. The Morgan fingerprint density at radius 3 is 2.95 bits per heavy atom. The molecule has 0 radical (unpaired) electrons. The molecule has 104 valence electrons. The third-order valence-corrected chi connectivity index (χ3v) is 4.27. The Hall–Kier alpha value is -2.42. The number of aromatic nitrogens is 2. The number of carbonyl (C=O) groups excluding carboxylic acids is 1. The van der Waals surface area contributed by atoms with Gasteiger partial charge in [0.05, 0.1) is 11.2 Å². The molecule has 0 fully saturated rings. The summed E-state index contributed by atoms with van der Waals surface area (Å²) in [5, 5.41) is 1.12. The molecule has 1 aliphatic rings. The van der Waals surface area contributed by atoms with E-state index in [9.17, 15) is 4.79 Å². The summed E-state index contributed by atoms with van der Waals surface area (Å²) in [6.45, 7) is 2.07. The van der Waals surface area contributed by atoms with Crippen LogP contribution in [0.2, 0.25) is 0 Å². The summed E-state index contributed by atoms with van der Waals surface area (Å²) in [7, 11) is 0. The quantitative estimate of drug-likeness (QED) is 0.676. The third-order valence-electron chi connectivity index (χ3n) is 4.27. The average molecular weight is 276 g/mol. The molecule has 2 aromatic heterocycles. The maximum atomic E-state index is 12.1. The van der Waals surface area contributed by atoms with Crippen LogP contribution in [0.1, 0.15) is 34.6 Å². The lowest BCUT2D eigenvalue weighted by atomic mass is 9.96. The molecule has 21 heavy (non-hydrogen) atoms. The molecule has 4 rings (SSSR count). The molecular formula is C18H16N2O. The Morgan fingerprint density at radius 2 is 2.05 bits per heavy atom. The molecule has 0 atom stereocenters. The van der Waals surface area contributed by atoms with Crippen LogP contribution in [0.5, 0.6) is 0 Å². The van der Waals surface area contributed by atoms with Crippen molar-refractivity contribution in [1.29, 1.82) is 0 Å². The van der Waals surface area contributed by atoms with Gasteiger partial charge < -0.3 is 4.57 Å². The zero-order valence-corrected chi connectivity index (χ0v) is 12.0. The molecule has 0 saturated heterocycles. The number of pyridine rings is 1. The van der Waals surface area contributed by atoms with Crippen molar-refractivity contribution < 1.29 is 4.79 Å². The molecule has 0 N–H and O–H groups in total. The van der Waals surface area contributed by atoms with Gasteiger partial charge in [-0.2, -0.15) is 0 Å². The van der Waals surface area contributed by atoms with Crippen molar-refractivity contribution in [2.75, 3.05) is 0 Å². The number of aryl methyl sites for hydroxylation is 1. The zero-order valence-electron chi connectivity index (χ0n) is 12.0. The molecule has 3 nitrogen and oxygen atoms in total. The van der Waals surface area contributed by atoms with Crippen LogP contribution in [0.4, 0.5) is 0 Å². The number of Topliss-reactive ketones (excluding diaryl/α,β-unsaturated/α-hetero) is 1. The van der Waals surface area contributed by atoms with Gasteiger partial charge in [-0.05, 0) is 50.1 Å². The van der Waals surface area contributed by atoms with Crippen LogP contribution < -0.4 is 0 Å². The van der Waals surface area contributed by atoms with E-state index in [0.717, 1.165) is 46.4 Å². The van der Waals surface area contributed by atoms with Crippen LogP contribution >= 0.6 is 0 Å². The van der Waals surface area contributed by atoms with Gasteiger partial charge in [0.25, 0.3) is 0 Å². The predicted molar refractivity (Wildman–Crippen MR) is 83.1 cm³/mol. The predicted octanol–water partition coefficient (Wildman–Crippen LogP) is 3.85. The molecule has 2 heterocycles. The second-order valence-electron chi connectivity index (χ2n) is 5.61. The summed E-state index contributed by atoms with van der Waals surface area (Å²) in [4.78, 5) is 16.5. The molecule has 3 heteroatoms. The normalized spacial score (nSPS) is 14.4. The van der Waals surface area contributed by atoms with Crippen LogP contribution in [0, 0.1) is 6.92 Å². The van der Waals surface area contributed by atoms with E-state index in [-0.39, 0.29) is 5.78 Å². The zero-order chi connectivity index (χ0) is 14.4. The van der Waals surface area contributed by atoms with Crippen LogP contribution in [0.15, 0.2) is 42.6 Å². The Balaban J connectivity index is 2.04. The van der Waals surface area contributed by atoms with E-state index < -0.39 is 0 Å². The molecule has 0 aliphatic heterocycles. The molecule has 1 aromatic carbocycles. The molecule has 0 bridgehead atoms. The number of benzene rings is 1. The largest absolute Gasteiger partial charge is 0.317 e. The first-order chi connectivity index (χ1) is 10.3. The standard InChI is InChI=1S/C18H16N2O/c1-12-11-14-17(8-3-9-18(14)21)20(12)16-7-2-6-15-13(16)5-4-10-19-15/h2,4-7,10-11H,3,8-9H2,1H3. The van der Waals surface area contributed by atoms with Crippen LogP contribution in [-0.2, 0) is 6.42 Å². The fourth-order valence-electron chi connectivity index (χ4n) is 3.35. The lowest BCUT2D eigenvalue weighted by Gasteiger charge is -2.17. The monoisotopic (exact) mass is 276 g/mol. The van der Waals surface area contributed by atoms with E-state index in [0.29, 0.717) is 6.42 Å². The van der Waals surface area contributed by atoms with E-state index in [1.54, 1.807) is 0 Å². The molecule has 3 aromatic rings. The van der Waals surface area contributed by atoms with Crippen molar-refractivity contribution in [2.24, 2.45) is 0 Å². The fourth-order valence-corrected chi connectivity index (χ4v) is 3.35. The Labute approximate surface area is 123 Å². The Kier molecular flexibility index (Phi) is 2.67. The summed E-state index contributed by atoms with van der Waals surface area (Å²) < 4.78 is 2.23. The number of ketones is 1. The summed E-state index contributed by atoms with van der Waals surface area (Å²) in [5.41, 5.74) is 5.28. The summed E-state index contributed by atoms with van der Waals surface area (Å²) in [6.07, 6.45) is 4.39. The van der Waals surface area contributed by atoms with Crippen LogP contribution in [0.25, 0.3) is 16.6 Å². The molecular weight excluding hydrogens is 260 g/mol.